The van der Waals surface area contributed by atoms with E-state index >= 15 is 0 Å². The van der Waals surface area contributed by atoms with Crippen LogP contribution >= 0.6 is 15.9 Å². The molecule has 0 saturated heterocycles. The fourth-order valence-electron chi connectivity index (χ4n) is 2.28. The molecule has 0 radical (unpaired) electrons. The van der Waals surface area contributed by atoms with Gasteiger partial charge in [0.25, 0.3) is 0 Å². The smallest absolute Gasteiger partial charge is 0.126 e. The number of aryl methyl sites for hydroxylation is 1. The van der Waals surface area contributed by atoms with E-state index in [4.69, 9.17) is 0 Å². The molecule has 1 fully saturated rings. The lowest BCUT2D eigenvalue weighted by Gasteiger charge is -2.22. The molecular formula is C13H19BrN2. The zero-order valence-corrected chi connectivity index (χ0v) is 11.4. The molecule has 0 amide bonds. The number of nitrogens with zero attached hydrogens (tertiary/aromatic N) is 1. The zero-order valence-electron chi connectivity index (χ0n) is 9.80. The molecule has 1 N–H and O–H groups in total. The van der Waals surface area contributed by atoms with E-state index in [0.29, 0.717) is 0 Å². The number of hydrogen-bond acceptors (Lipinski definition) is 2. The topological polar surface area (TPSA) is 24.9 Å². The van der Waals surface area contributed by atoms with Crippen LogP contribution in [0.2, 0.25) is 0 Å². The monoisotopic (exact) mass is 282 g/mol. The average Bonchev–Trinajstić information content (AvgIpc) is 2.32. The van der Waals surface area contributed by atoms with Crippen LogP contribution in [0.25, 0.3) is 0 Å². The Balaban J connectivity index is 1.86. The number of hydrogen-bond donors (Lipinski definition) is 1. The predicted molar refractivity (Wildman–Crippen MR) is 71.7 cm³/mol. The number of anilines is 1. The summed E-state index contributed by atoms with van der Waals surface area (Å²) in [6.07, 6.45) is 8.86. The van der Waals surface area contributed by atoms with Crippen LogP contribution in [0.4, 0.5) is 5.82 Å². The van der Waals surface area contributed by atoms with E-state index in [0.717, 1.165) is 22.8 Å². The average molecular weight is 283 g/mol. The summed E-state index contributed by atoms with van der Waals surface area (Å²) in [7, 11) is 0. The van der Waals surface area contributed by atoms with E-state index in [-0.39, 0.29) is 0 Å². The molecule has 3 heteroatoms. The third-order valence-electron chi connectivity index (χ3n) is 3.34. The third-order valence-corrected chi connectivity index (χ3v) is 4.17. The van der Waals surface area contributed by atoms with Gasteiger partial charge in [-0.2, -0.15) is 0 Å². The maximum atomic E-state index is 4.37. The summed E-state index contributed by atoms with van der Waals surface area (Å²) in [4.78, 5) is 4.37. The molecule has 1 aromatic rings. The fraction of sp³-hybridized carbons (Fsp3) is 0.615. The largest absolute Gasteiger partial charge is 0.370 e. The second-order valence-corrected chi connectivity index (χ2v) is 5.56. The number of nitrogens with one attached hydrogen (secondary N) is 1. The lowest BCUT2D eigenvalue weighted by molar-refractivity contribution is 0.373. The van der Waals surface area contributed by atoms with Crippen LogP contribution in [0.3, 0.4) is 0 Å². The first kappa shape index (κ1) is 11.9. The van der Waals surface area contributed by atoms with Gasteiger partial charge in [-0.1, -0.05) is 19.3 Å². The first-order valence-electron chi connectivity index (χ1n) is 6.12. The summed E-state index contributed by atoms with van der Waals surface area (Å²) in [5.41, 5.74) is 1.24. The van der Waals surface area contributed by atoms with Gasteiger partial charge in [-0.3, -0.25) is 0 Å². The van der Waals surface area contributed by atoms with E-state index < -0.39 is 0 Å². The minimum absolute atomic E-state index is 0.847. The van der Waals surface area contributed by atoms with Crippen LogP contribution in [-0.2, 0) is 0 Å². The summed E-state index contributed by atoms with van der Waals surface area (Å²) in [5.74, 6) is 1.85. The molecule has 0 aromatic carbocycles. The van der Waals surface area contributed by atoms with Gasteiger partial charge in [0.2, 0.25) is 0 Å². The molecule has 2 nitrogen and oxygen atoms in total. The van der Waals surface area contributed by atoms with Crippen LogP contribution in [-0.4, -0.2) is 11.5 Å². The van der Waals surface area contributed by atoms with Crippen molar-refractivity contribution in [1.82, 2.24) is 4.98 Å². The minimum atomic E-state index is 0.847. The quantitative estimate of drug-likeness (QED) is 0.901. The Hall–Kier alpha value is -0.570. The Kier molecular flexibility index (Phi) is 4.22. The van der Waals surface area contributed by atoms with Gasteiger partial charge in [0, 0.05) is 17.2 Å². The minimum Gasteiger partial charge on any atom is -0.370 e. The highest BCUT2D eigenvalue weighted by atomic mass is 79.9. The standard InChI is InChI=1S/C13H19BrN2/c1-10-7-13(16-9-12(10)14)15-8-11-5-3-2-4-6-11/h7,9,11H,2-6,8H2,1H3,(H,15,16). The van der Waals surface area contributed by atoms with Crippen molar-refractivity contribution in [2.75, 3.05) is 11.9 Å². The predicted octanol–water partition coefficient (Wildman–Crippen LogP) is 4.14. The Labute approximate surface area is 106 Å². The summed E-state index contributed by atoms with van der Waals surface area (Å²) in [6, 6.07) is 2.10. The van der Waals surface area contributed by atoms with E-state index in [9.17, 15) is 0 Å². The van der Waals surface area contributed by atoms with Gasteiger partial charge < -0.3 is 5.32 Å². The Morgan fingerprint density at radius 1 is 1.38 bits per heavy atom. The molecule has 0 bridgehead atoms. The normalized spacial score (nSPS) is 17.4. The number of aromatic nitrogens is 1. The number of rotatable bonds is 3. The fourth-order valence-corrected chi connectivity index (χ4v) is 2.49. The lowest BCUT2D eigenvalue weighted by atomic mass is 9.89. The van der Waals surface area contributed by atoms with Crippen LogP contribution in [0, 0.1) is 12.8 Å². The van der Waals surface area contributed by atoms with Crippen LogP contribution in [0.1, 0.15) is 37.7 Å². The van der Waals surface area contributed by atoms with Crippen molar-refractivity contribution in [2.24, 2.45) is 5.92 Å². The van der Waals surface area contributed by atoms with Gasteiger partial charge in [-0.05, 0) is 53.2 Å². The third kappa shape index (κ3) is 3.21. The molecule has 1 aromatic heterocycles. The first-order chi connectivity index (χ1) is 7.75. The molecule has 16 heavy (non-hydrogen) atoms. The van der Waals surface area contributed by atoms with Crippen molar-refractivity contribution in [2.45, 2.75) is 39.0 Å². The summed E-state index contributed by atoms with van der Waals surface area (Å²) < 4.78 is 1.08. The van der Waals surface area contributed by atoms with E-state index in [2.05, 4.69) is 39.2 Å². The molecule has 88 valence electrons. The highest BCUT2D eigenvalue weighted by Gasteiger charge is 2.13. The van der Waals surface area contributed by atoms with Crippen molar-refractivity contribution in [1.29, 1.82) is 0 Å². The van der Waals surface area contributed by atoms with Crippen LogP contribution < -0.4 is 5.32 Å². The SMILES string of the molecule is Cc1cc(NCC2CCCCC2)ncc1Br. The second-order valence-electron chi connectivity index (χ2n) is 4.70. The van der Waals surface area contributed by atoms with Gasteiger partial charge >= 0.3 is 0 Å². The molecule has 1 heterocycles. The molecule has 0 spiro atoms. The van der Waals surface area contributed by atoms with Crippen molar-refractivity contribution >= 4 is 21.7 Å². The lowest BCUT2D eigenvalue weighted by Crippen LogP contribution is -2.17. The van der Waals surface area contributed by atoms with Crippen molar-refractivity contribution in [3.8, 4) is 0 Å². The Bertz CT molecular complexity index is 346. The number of halogens is 1. The van der Waals surface area contributed by atoms with E-state index in [1.165, 1.54) is 37.7 Å². The van der Waals surface area contributed by atoms with Crippen molar-refractivity contribution in [3.63, 3.8) is 0 Å². The van der Waals surface area contributed by atoms with Gasteiger partial charge in [0.15, 0.2) is 0 Å². The Morgan fingerprint density at radius 2 is 2.12 bits per heavy atom. The molecule has 1 aliphatic rings. The molecule has 1 aliphatic carbocycles. The second kappa shape index (κ2) is 5.67. The molecule has 2 rings (SSSR count). The van der Waals surface area contributed by atoms with Crippen LogP contribution in [0.5, 0.6) is 0 Å². The Morgan fingerprint density at radius 3 is 2.81 bits per heavy atom. The summed E-state index contributed by atoms with van der Waals surface area (Å²) in [5, 5.41) is 3.45. The summed E-state index contributed by atoms with van der Waals surface area (Å²) in [6.45, 7) is 3.17. The maximum absolute atomic E-state index is 4.37. The molecule has 0 unspecified atom stereocenters. The summed E-state index contributed by atoms with van der Waals surface area (Å²) >= 11 is 3.47. The maximum Gasteiger partial charge on any atom is 0.126 e. The number of pyridine rings is 1. The molecular weight excluding hydrogens is 264 g/mol. The zero-order chi connectivity index (χ0) is 11.4. The molecule has 1 saturated carbocycles. The molecule has 0 aliphatic heterocycles. The highest BCUT2D eigenvalue weighted by molar-refractivity contribution is 9.10. The van der Waals surface area contributed by atoms with Crippen LogP contribution in [0.15, 0.2) is 16.7 Å². The van der Waals surface area contributed by atoms with Gasteiger partial charge in [0.1, 0.15) is 5.82 Å². The van der Waals surface area contributed by atoms with E-state index in [1.807, 2.05) is 6.20 Å². The van der Waals surface area contributed by atoms with Gasteiger partial charge in [-0.15, -0.1) is 0 Å². The van der Waals surface area contributed by atoms with Gasteiger partial charge in [-0.25, -0.2) is 4.98 Å². The van der Waals surface area contributed by atoms with E-state index in [1.54, 1.807) is 0 Å². The highest BCUT2D eigenvalue weighted by Crippen LogP contribution is 2.24. The van der Waals surface area contributed by atoms with Crippen molar-refractivity contribution < 1.29 is 0 Å². The first-order valence-corrected chi connectivity index (χ1v) is 6.91. The van der Waals surface area contributed by atoms with Crippen molar-refractivity contribution in [3.05, 3.63) is 22.3 Å². The van der Waals surface area contributed by atoms with Gasteiger partial charge in [0.05, 0.1) is 0 Å². The molecule has 0 atom stereocenters.